The van der Waals surface area contributed by atoms with Gasteiger partial charge in [-0.25, -0.2) is 4.98 Å². The van der Waals surface area contributed by atoms with Crippen molar-refractivity contribution in [3.8, 4) is 11.1 Å². The highest BCUT2D eigenvalue weighted by Crippen LogP contribution is 2.35. The third kappa shape index (κ3) is 7.11. The Balaban J connectivity index is 1.34. The summed E-state index contributed by atoms with van der Waals surface area (Å²) in [7, 11) is 0. The number of alkyl halides is 3. The standard InChI is InChI=1S/C33H37F3N6O2/c1-5-40-12-14-41(15-13-40)18-25-8-10-26(17-28(25)33(34,35)36)37-32(44)23-7-6-22(4)27(16-23)24-9-11-30-38-29(20-42(30)19-24)39-31(43)21(2)3/h6-11,16-17,19-21H,5,12-15,18H2,1-4H3,(H,37,44)(H,39,43). The molecule has 0 saturated carbocycles. The summed E-state index contributed by atoms with van der Waals surface area (Å²) in [5, 5.41) is 5.45. The molecule has 11 heteroatoms. The molecule has 0 aliphatic carbocycles. The summed E-state index contributed by atoms with van der Waals surface area (Å²) in [6.07, 6.45) is -0.979. The van der Waals surface area contributed by atoms with E-state index < -0.39 is 17.6 Å². The number of halogens is 3. The predicted octanol–water partition coefficient (Wildman–Crippen LogP) is 6.31. The second-order valence-electron chi connectivity index (χ2n) is 11.5. The molecule has 1 aliphatic rings. The minimum atomic E-state index is -4.55. The lowest BCUT2D eigenvalue weighted by Crippen LogP contribution is -2.45. The second kappa shape index (κ2) is 12.8. The third-order valence-electron chi connectivity index (χ3n) is 8.02. The molecule has 232 valence electrons. The first kappa shape index (κ1) is 31.2. The number of nitrogens with one attached hydrogen (secondary N) is 2. The second-order valence-corrected chi connectivity index (χ2v) is 11.5. The van der Waals surface area contributed by atoms with Crippen LogP contribution in [0.15, 0.2) is 60.9 Å². The Bertz CT molecular complexity index is 1670. The van der Waals surface area contributed by atoms with E-state index >= 15 is 0 Å². The van der Waals surface area contributed by atoms with Gasteiger partial charge in [-0.2, -0.15) is 13.2 Å². The molecule has 0 atom stereocenters. The van der Waals surface area contributed by atoms with Gasteiger partial charge < -0.3 is 19.9 Å². The van der Waals surface area contributed by atoms with Crippen LogP contribution in [0.5, 0.6) is 0 Å². The average Bonchev–Trinajstić information content (AvgIpc) is 3.39. The van der Waals surface area contributed by atoms with Crippen LogP contribution in [0.4, 0.5) is 24.7 Å². The van der Waals surface area contributed by atoms with Gasteiger partial charge in [0.15, 0.2) is 5.82 Å². The maximum absolute atomic E-state index is 14.1. The first-order chi connectivity index (χ1) is 20.9. The van der Waals surface area contributed by atoms with Crippen molar-refractivity contribution < 1.29 is 22.8 Å². The fourth-order valence-electron chi connectivity index (χ4n) is 5.32. The number of aromatic nitrogens is 2. The summed E-state index contributed by atoms with van der Waals surface area (Å²) in [6, 6.07) is 12.9. The molecule has 8 nitrogen and oxygen atoms in total. The molecule has 2 aromatic carbocycles. The van der Waals surface area contributed by atoms with Crippen LogP contribution in [0, 0.1) is 12.8 Å². The fourth-order valence-corrected chi connectivity index (χ4v) is 5.32. The predicted molar refractivity (Wildman–Crippen MR) is 166 cm³/mol. The normalized spacial score (nSPS) is 14.7. The maximum atomic E-state index is 14.1. The van der Waals surface area contributed by atoms with E-state index in [4.69, 9.17) is 0 Å². The molecular formula is C33H37F3N6O2. The topological polar surface area (TPSA) is 82.0 Å². The molecule has 2 aromatic heterocycles. The number of benzene rings is 2. The number of amides is 2. The largest absolute Gasteiger partial charge is 0.416 e. The van der Waals surface area contributed by atoms with Crippen molar-refractivity contribution >= 4 is 29.0 Å². The van der Waals surface area contributed by atoms with E-state index in [1.807, 2.05) is 30.2 Å². The van der Waals surface area contributed by atoms with E-state index in [0.717, 1.165) is 42.4 Å². The number of likely N-dealkylation sites (N-methyl/N-ethyl adjacent to an activating group) is 1. The number of rotatable bonds is 8. The molecule has 2 amide bonds. The molecule has 5 rings (SSSR count). The highest BCUT2D eigenvalue weighted by atomic mass is 19.4. The summed E-state index contributed by atoms with van der Waals surface area (Å²) < 4.78 is 44.1. The SMILES string of the molecule is CCN1CCN(Cc2ccc(NC(=O)c3ccc(C)c(-c4ccc5nc(NC(=O)C(C)C)cn5c4)c3)cc2C(F)(F)F)CC1. The van der Waals surface area contributed by atoms with Gasteiger partial charge in [0, 0.05) is 56.1 Å². The van der Waals surface area contributed by atoms with Crippen molar-refractivity contribution in [2.45, 2.75) is 40.4 Å². The van der Waals surface area contributed by atoms with Crippen molar-refractivity contribution in [2.24, 2.45) is 5.92 Å². The molecule has 1 fully saturated rings. The van der Waals surface area contributed by atoms with Crippen LogP contribution in [-0.4, -0.2) is 63.7 Å². The Labute approximate surface area is 254 Å². The van der Waals surface area contributed by atoms with Crippen molar-refractivity contribution in [3.63, 3.8) is 0 Å². The van der Waals surface area contributed by atoms with Crippen molar-refractivity contribution in [3.05, 3.63) is 83.2 Å². The number of hydrogen-bond donors (Lipinski definition) is 2. The van der Waals surface area contributed by atoms with Crippen LogP contribution >= 0.6 is 0 Å². The van der Waals surface area contributed by atoms with Crippen LogP contribution in [0.2, 0.25) is 0 Å². The number of piperazine rings is 1. The lowest BCUT2D eigenvalue weighted by molar-refractivity contribution is -0.138. The first-order valence-electron chi connectivity index (χ1n) is 14.8. The van der Waals surface area contributed by atoms with E-state index in [1.165, 1.54) is 12.1 Å². The van der Waals surface area contributed by atoms with Gasteiger partial charge in [-0.1, -0.05) is 32.9 Å². The van der Waals surface area contributed by atoms with Crippen LogP contribution in [-0.2, 0) is 17.5 Å². The van der Waals surface area contributed by atoms with Gasteiger partial charge in [0.05, 0.1) is 11.8 Å². The zero-order valence-electron chi connectivity index (χ0n) is 25.3. The Hall–Kier alpha value is -4.22. The number of anilines is 2. The number of pyridine rings is 1. The fraction of sp³-hybridized carbons (Fsp3) is 0.364. The number of carbonyl (C=O) groups is 2. The van der Waals surface area contributed by atoms with Gasteiger partial charge in [0.1, 0.15) is 5.65 Å². The van der Waals surface area contributed by atoms with Crippen LogP contribution in [0.25, 0.3) is 16.8 Å². The Morgan fingerprint density at radius 2 is 1.66 bits per heavy atom. The molecule has 3 heterocycles. The van der Waals surface area contributed by atoms with E-state index in [-0.39, 0.29) is 29.6 Å². The Kier molecular flexibility index (Phi) is 9.07. The number of carbonyl (C=O) groups excluding carboxylic acids is 2. The van der Waals surface area contributed by atoms with Gasteiger partial charge in [-0.05, 0) is 72.1 Å². The number of nitrogens with zero attached hydrogens (tertiary/aromatic N) is 4. The number of imidazole rings is 1. The summed E-state index contributed by atoms with van der Waals surface area (Å²) in [5.74, 6) is -0.387. The van der Waals surface area contributed by atoms with E-state index in [0.29, 0.717) is 30.1 Å². The molecule has 0 radical (unpaired) electrons. The molecule has 44 heavy (non-hydrogen) atoms. The molecule has 1 saturated heterocycles. The third-order valence-corrected chi connectivity index (χ3v) is 8.02. The molecule has 1 aliphatic heterocycles. The monoisotopic (exact) mass is 606 g/mol. The number of hydrogen-bond acceptors (Lipinski definition) is 5. The molecular weight excluding hydrogens is 569 g/mol. The highest BCUT2D eigenvalue weighted by Gasteiger charge is 2.34. The lowest BCUT2D eigenvalue weighted by atomic mass is 9.99. The van der Waals surface area contributed by atoms with Crippen LogP contribution in [0.1, 0.15) is 47.8 Å². The van der Waals surface area contributed by atoms with E-state index in [2.05, 4.69) is 27.4 Å². The summed E-state index contributed by atoms with van der Waals surface area (Å²) in [4.78, 5) is 34.1. The van der Waals surface area contributed by atoms with Gasteiger partial charge in [0.2, 0.25) is 5.91 Å². The van der Waals surface area contributed by atoms with Gasteiger partial charge in [0.25, 0.3) is 5.91 Å². The summed E-state index contributed by atoms with van der Waals surface area (Å²) in [6.45, 7) is 11.8. The molecule has 4 aromatic rings. The molecule has 0 unspecified atom stereocenters. The minimum absolute atomic E-state index is 0.0832. The minimum Gasteiger partial charge on any atom is -0.322 e. The van der Waals surface area contributed by atoms with Crippen molar-refractivity contribution in [1.82, 2.24) is 19.2 Å². The van der Waals surface area contributed by atoms with Crippen LogP contribution in [0.3, 0.4) is 0 Å². The summed E-state index contributed by atoms with van der Waals surface area (Å²) >= 11 is 0. The zero-order valence-corrected chi connectivity index (χ0v) is 25.3. The van der Waals surface area contributed by atoms with Crippen molar-refractivity contribution in [1.29, 1.82) is 0 Å². The quantitative estimate of drug-likeness (QED) is 0.246. The zero-order chi connectivity index (χ0) is 31.6. The van der Waals surface area contributed by atoms with E-state index in [1.54, 1.807) is 42.6 Å². The van der Waals surface area contributed by atoms with Gasteiger partial charge in [-0.3, -0.25) is 14.5 Å². The van der Waals surface area contributed by atoms with Crippen LogP contribution < -0.4 is 10.6 Å². The average molecular weight is 607 g/mol. The Morgan fingerprint density at radius 1 is 0.932 bits per heavy atom. The lowest BCUT2D eigenvalue weighted by Gasteiger charge is -2.34. The number of fused-ring (bicyclic) bond motifs is 1. The van der Waals surface area contributed by atoms with Gasteiger partial charge in [-0.15, -0.1) is 0 Å². The maximum Gasteiger partial charge on any atom is 0.416 e. The molecule has 2 N–H and O–H groups in total. The Morgan fingerprint density at radius 3 is 2.34 bits per heavy atom. The highest BCUT2D eigenvalue weighted by molar-refractivity contribution is 6.05. The smallest absolute Gasteiger partial charge is 0.322 e. The molecule has 0 bridgehead atoms. The van der Waals surface area contributed by atoms with Crippen molar-refractivity contribution in [2.75, 3.05) is 43.4 Å². The van der Waals surface area contributed by atoms with E-state index in [9.17, 15) is 22.8 Å². The number of aryl methyl sites for hydroxylation is 1. The summed E-state index contributed by atoms with van der Waals surface area (Å²) in [5.41, 5.74) is 3.01. The molecule has 0 spiro atoms. The first-order valence-corrected chi connectivity index (χ1v) is 14.8. The van der Waals surface area contributed by atoms with Gasteiger partial charge >= 0.3 is 6.18 Å².